The van der Waals surface area contributed by atoms with Crippen LogP contribution in [0.1, 0.15) is 11.1 Å². The quantitative estimate of drug-likeness (QED) is 0.545. The molecule has 4 aromatic rings. The highest BCUT2D eigenvalue weighted by Crippen LogP contribution is 2.34. The SMILES string of the molecule is N#Cc1cc(C#N)c2nc(=O)c3c(-c4ccc(Cl)cc4)csc3n2c1N. The molecule has 124 valence electrons. The number of nitrogens with zero attached hydrogens (tertiary/aromatic N) is 4. The third-order valence-corrected chi connectivity index (χ3v) is 5.27. The first-order valence-electron chi connectivity index (χ1n) is 7.37. The molecule has 0 saturated heterocycles. The lowest BCUT2D eigenvalue weighted by molar-refractivity contribution is 1.14. The highest BCUT2D eigenvalue weighted by Gasteiger charge is 2.19. The van der Waals surface area contributed by atoms with Crippen molar-refractivity contribution in [2.75, 3.05) is 5.73 Å². The van der Waals surface area contributed by atoms with Gasteiger partial charge in [-0.1, -0.05) is 23.7 Å². The molecule has 3 aromatic heterocycles. The van der Waals surface area contributed by atoms with Gasteiger partial charge in [-0.2, -0.15) is 15.5 Å². The van der Waals surface area contributed by atoms with Gasteiger partial charge in [-0.25, -0.2) is 0 Å². The van der Waals surface area contributed by atoms with Crippen molar-refractivity contribution in [2.45, 2.75) is 0 Å². The zero-order valence-electron chi connectivity index (χ0n) is 13.0. The lowest BCUT2D eigenvalue weighted by atomic mass is 10.1. The third kappa shape index (κ3) is 2.23. The minimum absolute atomic E-state index is 0.121. The summed E-state index contributed by atoms with van der Waals surface area (Å²) in [5.74, 6) is 0.142. The average Bonchev–Trinajstić information content (AvgIpc) is 3.08. The van der Waals surface area contributed by atoms with Crippen LogP contribution in [-0.2, 0) is 0 Å². The molecule has 0 saturated carbocycles. The lowest BCUT2D eigenvalue weighted by Crippen LogP contribution is -2.14. The summed E-state index contributed by atoms with van der Waals surface area (Å²) in [6.07, 6.45) is 0. The Morgan fingerprint density at radius 2 is 1.85 bits per heavy atom. The summed E-state index contributed by atoms with van der Waals surface area (Å²) >= 11 is 7.24. The van der Waals surface area contributed by atoms with Crippen LogP contribution in [0.3, 0.4) is 0 Å². The van der Waals surface area contributed by atoms with Crippen LogP contribution in [0.5, 0.6) is 0 Å². The predicted molar refractivity (Wildman–Crippen MR) is 101 cm³/mol. The second-order valence-corrected chi connectivity index (χ2v) is 6.79. The fourth-order valence-corrected chi connectivity index (χ4v) is 4.05. The predicted octanol–water partition coefficient (Wildman–Crippen LogP) is 3.56. The van der Waals surface area contributed by atoms with Crippen LogP contribution in [0.2, 0.25) is 5.02 Å². The number of rotatable bonds is 1. The Morgan fingerprint density at radius 1 is 1.15 bits per heavy atom. The fraction of sp³-hybridized carbons (Fsp3) is 0. The summed E-state index contributed by atoms with van der Waals surface area (Å²) in [6.45, 7) is 0. The summed E-state index contributed by atoms with van der Waals surface area (Å²) in [6, 6.07) is 12.4. The van der Waals surface area contributed by atoms with Gasteiger partial charge in [-0.05, 0) is 23.8 Å². The van der Waals surface area contributed by atoms with Crippen LogP contribution < -0.4 is 11.3 Å². The van der Waals surface area contributed by atoms with Crippen LogP contribution in [0, 0.1) is 22.7 Å². The molecule has 0 atom stereocenters. The van der Waals surface area contributed by atoms with E-state index in [1.807, 2.05) is 29.7 Å². The number of fused-ring (bicyclic) bond motifs is 3. The van der Waals surface area contributed by atoms with Gasteiger partial charge in [0, 0.05) is 16.0 Å². The molecule has 2 N–H and O–H groups in total. The molecule has 0 fully saturated rings. The van der Waals surface area contributed by atoms with Crippen molar-refractivity contribution in [3.63, 3.8) is 0 Å². The summed E-state index contributed by atoms with van der Waals surface area (Å²) in [7, 11) is 0. The number of nitriles is 2. The van der Waals surface area contributed by atoms with E-state index in [9.17, 15) is 15.3 Å². The van der Waals surface area contributed by atoms with Gasteiger partial charge in [0.1, 0.15) is 22.8 Å². The Morgan fingerprint density at radius 3 is 2.50 bits per heavy atom. The van der Waals surface area contributed by atoms with Crippen molar-refractivity contribution in [1.82, 2.24) is 9.38 Å². The first-order chi connectivity index (χ1) is 12.5. The number of benzene rings is 1. The number of nitrogen functional groups attached to an aromatic ring is 1. The van der Waals surface area contributed by atoms with E-state index in [1.54, 1.807) is 12.1 Å². The van der Waals surface area contributed by atoms with Gasteiger partial charge in [0.25, 0.3) is 5.56 Å². The van der Waals surface area contributed by atoms with E-state index in [2.05, 4.69) is 4.98 Å². The number of pyridine rings is 1. The smallest absolute Gasteiger partial charge is 0.282 e. The monoisotopic (exact) mass is 377 g/mol. The van der Waals surface area contributed by atoms with Gasteiger partial charge in [0.05, 0.1) is 16.5 Å². The average molecular weight is 378 g/mol. The topological polar surface area (TPSA) is 108 Å². The van der Waals surface area contributed by atoms with E-state index < -0.39 is 5.56 Å². The zero-order chi connectivity index (χ0) is 18.4. The van der Waals surface area contributed by atoms with E-state index in [4.69, 9.17) is 17.3 Å². The van der Waals surface area contributed by atoms with Crippen molar-refractivity contribution in [2.24, 2.45) is 0 Å². The van der Waals surface area contributed by atoms with Crippen molar-refractivity contribution >= 4 is 44.6 Å². The molecule has 0 radical (unpaired) electrons. The van der Waals surface area contributed by atoms with E-state index in [1.165, 1.54) is 21.8 Å². The zero-order valence-corrected chi connectivity index (χ0v) is 14.6. The molecule has 1 aromatic carbocycles. The highest BCUT2D eigenvalue weighted by atomic mass is 35.5. The summed E-state index contributed by atoms with van der Waals surface area (Å²) in [4.78, 5) is 17.3. The number of thiophene rings is 1. The number of halogens is 1. The maximum atomic E-state index is 12.7. The third-order valence-electron chi connectivity index (χ3n) is 4.05. The molecule has 26 heavy (non-hydrogen) atoms. The molecule has 6 nitrogen and oxygen atoms in total. The number of hydrogen-bond donors (Lipinski definition) is 1. The standard InChI is InChI=1S/C18H8ClN5OS/c19-12-3-1-9(2-4-12)13-8-26-18-14(13)17(25)23-16-11(7-21)5-10(6-20)15(22)24(16)18/h1-5,8H,22H2. The molecule has 3 heterocycles. The second-order valence-electron chi connectivity index (χ2n) is 5.49. The lowest BCUT2D eigenvalue weighted by Gasteiger charge is -2.09. The maximum Gasteiger partial charge on any atom is 0.282 e. The van der Waals surface area contributed by atoms with Crippen molar-refractivity contribution in [3.05, 3.63) is 62.2 Å². The van der Waals surface area contributed by atoms with Crippen molar-refractivity contribution in [1.29, 1.82) is 10.5 Å². The van der Waals surface area contributed by atoms with Crippen LogP contribution >= 0.6 is 22.9 Å². The van der Waals surface area contributed by atoms with Crippen molar-refractivity contribution in [3.8, 4) is 23.3 Å². The molecule has 0 unspecified atom stereocenters. The van der Waals surface area contributed by atoms with Gasteiger partial charge in [0.2, 0.25) is 0 Å². The Labute approximate surface area is 155 Å². The van der Waals surface area contributed by atoms with Crippen LogP contribution in [0.25, 0.3) is 27.0 Å². The Kier molecular flexibility index (Phi) is 3.62. The van der Waals surface area contributed by atoms with Crippen molar-refractivity contribution < 1.29 is 0 Å². The van der Waals surface area contributed by atoms with Gasteiger partial charge < -0.3 is 5.73 Å². The largest absolute Gasteiger partial charge is 0.384 e. The fourth-order valence-electron chi connectivity index (χ4n) is 2.84. The molecular formula is C18H8ClN5OS. The summed E-state index contributed by atoms with van der Waals surface area (Å²) < 4.78 is 1.50. The minimum atomic E-state index is -0.452. The van der Waals surface area contributed by atoms with E-state index >= 15 is 0 Å². The molecule has 0 aliphatic heterocycles. The Balaban J connectivity index is 2.19. The first kappa shape index (κ1) is 16.1. The molecule has 4 rings (SSSR count). The minimum Gasteiger partial charge on any atom is -0.384 e. The summed E-state index contributed by atoms with van der Waals surface area (Å²) in [5, 5.41) is 21.5. The van der Waals surface area contributed by atoms with Gasteiger partial charge in [-0.3, -0.25) is 9.20 Å². The molecule has 0 amide bonds. The highest BCUT2D eigenvalue weighted by molar-refractivity contribution is 7.17. The second kappa shape index (κ2) is 5.85. The molecule has 8 heteroatoms. The molecule has 0 bridgehead atoms. The molecule has 0 aliphatic carbocycles. The van der Waals surface area contributed by atoms with Gasteiger partial charge in [-0.15, -0.1) is 11.3 Å². The maximum absolute atomic E-state index is 12.7. The normalized spacial score (nSPS) is 10.7. The Bertz CT molecular complexity index is 1340. The van der Waals surface area contributed by atoms with E-state index in [0.717, 1.165) is 5.56 Å². The van der Waals surface area contributed by atoms with Crippen LogP contribution in [0.4, 0.5) is 5.82 Å². The van der Waals surface area contributed by atoms with Gasteiger partial charge in [0.15, 0.2) is 5.65 Å². The number of nitrogens with two attached hydrogens (primary N) is 1. The van der Waals surface area contributed by atoms with E-state index in [-0.39, 0.29) is 22.6 Å². The molecule has 0 aliphatic rings. The summed E-state index contributed by atoms with van der Waals surface area (Å²) in [5.41, 5.74) is 7.60. The molecular weight excluding hydrogens is 370 g/mol. The van der Waals surface area contributed by atoms with Gasteiger partial charge >= 0.3 is 0 Å². The number of hydrogen-bond acceptors (Lipinski definition) is 6. The van der Waals surface area contributed by atoms with Crippen LogP contribution in [0.15, 0.2) is 40.5 Å². The Hall–Kier alpha value is -3.39. The number of anilines is 1. The molecule has 0 spiro atoms. The number of aromatic nitrogens is 2. The van der Waals surface area contributed by atoms with Crippen LogP contribution in [-0.4, -0.2) is 9.38 Å². The first-order valence-corrected chi connectivity index (χ1v) is 8.63. The van der Waals surface area contributed by atoms with E-state index in [0.29, 0.717) is 20.8 Å².